The fourth-order valence-electron chi connectivity index (χ4n) is 2.59. The first kappa shape index (κ1) is 16.3. The largest absolute Gasteiger partial charge is 0.371 e. The van der Waals surface area contributed by atoms with Gasteiger partial charge in [-0.25, -0.2) is 15.0 Å². The van der Waals surface area contributed by atoms with Crippen LogP contribution in [-0.2, 0) is 5.60 Å². The molecule has 0 radical (unpaired) electrons. The first-order valence-electron chi connectivity index (χ1n) is 7.88. The average molecular weight is 361 g/mol. The van der Waals surface area contributed by atoms with Gasteiger partial charge < -0.3 is 15.8 Å². The zero-order valence-electron chi connectivity index (χ0n) is 13.9. The first-order chi connectivity index (χ1) is 12.5. The Bertz CT molecular complexity index is 1120. The number of hydrogen-bond donors (Lipinski definition) is 3. The van der Waals surface area contributed by atoms with Gasteiger partial charge in [-0.3, -0.25) is 0 Å². The van der Waals surface area contributed by atoms with Crippen molar-refractivity contribution in [2.45, 2.75) is 12.5 Å². The van der Waals surface area contributed by atoms with Gasteiger partial charge in [0.25, 0.3) is 0 Å². The molecule has 0 amide bonds. The highest BCUT2D eigenvalue weighted by Gasteiger charge is 2.22. The van der Waals surface area contributed by atoms with E-state index >= 15 is 0 Å². The number of nitrogen functional groups attached to an aromatic ring is 1. The van der Waals surface area contributed by atoms with E-state index in [9.17, 15) is 5.11 Å². The molecular weight excluding hydrogens is 346 g/mol. The van der Waals surface area contributed by atoms with Crippen molar-refractivity contribution in [3.8, 4) is 23.0 Å². The van der Waals surface area contributed by atoms with E-state index in [-0.39, 0.29) is 5.95 Å². The molecule has 1 aromatic carbocycles. The third kappa shape index (κ3) is 3.04. The molecule has 1 unspecified atom stereocenters. The zero-order valence-corrected chi connectivity index (χ0v) is 14.7. The number of nitrogens with two attached hydrogens (primary N) is 1. The third-order valence-corrected chi connectivity index (χ3v) is 4.91. The number of thiazole rings is 1. The second-order valence-electron chi connectivity index (χ2n) is 5.93. The van der Waals surface area contributed by atoms with Gasteiger partial charge >= 0.3 is 0 Å². The molecule has 0 fully saturated rings. The summed E-state index contributed by atoms with van der Waals surface area (Å²) in [5.74, 6) is 6.13. The molecule has 0 bridgehead atoms. The number of hydrogen-bond acceptors (Lipinski definition) is 6. The summed E-state index contributed by atoms with van der Waals surface area (Å²) in [6.07, 6.45) is 5.21. The summed E-state index contributed by atoms with van der Waals surface area (Å²) in [5, 5.41) is 12.8. The number of aliphatic hydroxyl groups is 1. The van der Waals surface area contributed by atoms with Gasteiger partial charge in [-0.15, -0.1) is 11.3 Å². The molecule has 4 aromatic rings. The van der Waals surface area contributed by atoms with Crippen LogP contribution in [0.25, 0.3) is 22.2 Å². The number of anilines is 1. The van der Waals surface area contributed by atoms with Crippen LogP contribution in [0.2, 0.25) is 0 Å². The standard InChI is InChI=1S/C19H15N5OS/c1-19(25,17-21-8-9-26-17)7-6-12-2-4-13(5-3-12)14-10-22-15-11-23-18(20)24-16(14)15/h2-5,8-11,22,25H,1H3,(H2,20,23,24). The number of benzene rings is 1. The molecule has 6 nitrogen and oxygen atoms in total. The average Bonchev–Trinajstić information content (AvgIpc) is 3.30. The van der Waals surface area contributed by atoms with E-state index in [1.165, 1.54) is 11.3 Å². The van der Waals surface area contributed by atoms with Crippen LogP contribution >= 0.6 is 11.3 Å². The molecule has 0 saturated heterocycles. The van der Waals surface area contributed by atoms with Crippen LogP contribution in [0.1, 0.15) is 17.5 Å². The molecule has 0 aliphatic carbocycles. The van der Waals surface area contributed by atoms with Gasteiger partial charge in [-0.1, -0.05) is 24.0 Å². The Morgan fingerprint density at radius 1 is 1.23 bits per heavy atom. The first-order valence-corrected chi connectivity index (χ1v) is 8.76. The summed E-state index contributed by atoms with van der Waals surface area (Å²) in [7, 11) is 0. The molecule has 7 heteroatoms. The molecule has 4 N–H and O–H groups in total. The number of aromatic amines is 1. The molecule has 128 valence electrons. The van der Waals surface area contributed by atoms with Gasteiger partial charge in [0.05, 0.1) is 11.7 Å². The lowest BCUT2D eigenvalue weighted by Crippen LogP contribution is -2.17. The van der Waals surface area contributed by atoms with Crippen molar-refractivity contribution in [3.63, 3.8) is 0 Å². The number of nitrogens with zero attached hydrogens (tertiary/aromatic N) is 3. The predicted molar refractivity (Wildman–Crippen MR) is 102 cm³/mol. The zero-order chi connectivity index (χ0) is 18.1. The maximum atomic E-state index is 10.4. The second-order valence-corrected chi connectivity index (χ2v) is 6.82. The number of rotatable bonds is 2. The maximum absolute atomic E-state index is 10.4. The van der Waals surface area contributed by atoms with E-state index in [0.29, 0.717) is 5.01 Å². The van der Waals surface area contributed by atoms with E-state index in [0.717, 1.165) is 27.7 Å². The van der Waals surface area contributed by atoms with Gasteiger partial charge in [0, 0.05) is 28.9 Å². The third-order valence-electron chi connectivity index (χ3n) is 3.93. The van der Waals surface area contributed by atoms with E-state index < -0.39 is 5.60 Å². The molecular formula is C19H15N5OS. The van der Waals surface area contributed by atoms with Gasteiger partial charge in [-0.05, 0) is 24.6 Å². The lowest BCUT2D eigenvalue weighted by molar-refractivity contribution is 0.122. The molecule has 0 aliphatic rings. The number of nitrogens with one attached hydrogen (secondary N) is 1. The summed E-state index contributed by atoms with van der Waals surface area (Å²) >= 11 is 1.38. The van der Waals surface area contributed by atoms with Gasteiger partial charge in [0.2, 0.25) is 5.95 Å². The number of fused-ring (bicyclic) bond motifs is 1. The van der Waals surface area contributed by atoms with Crippen LogP contribution in [0, 0.1) is 11.8 Å². The van der Waals surface area contributed by atoms with Crippen LogP contribution < -0.4 is 5.73 Å². The minimum Gasteiger partial charge on any atom is -0.371 e. The van der Waals surface area contributed by atoms with E-state index in [4.69, 9.17) is 5.73 Å². The quantitative estimate of drug-likeness (QED) is 0.477. The van der Waals surface area contributed by atoms with Crippen LogP contribution in [0.5, 0.6) is 0 Å². The smallest absolute Gasteiger partial charge is 0.220 e. The van der Waals surface area contributed by atoms with Crippen molar-refractivity contribution in [2.75, 3.05) is 5.73 Å². The molecule has 4 rings (SSSR count). The SMILES string of the molecule is CC(O)(C#Cc1ccc(-c2c[nH]c3cnc(N)nc23)cc1)c1nccs1. The second kappa shape index (κ2) is 6.26. The molecule has 3 aromatic heterocycles. The van der Waals surface area contributed by atoms with Gasteiger partial charge in [-0.2, -0.15) is 0 Å². The Hall–Kier alpha value is -3.21. The van der Waals surface area contributed by atoms with Crippen molar-refractivity contribution in [1.82, 2.24) is 19.9 Å². The fourth-order valence-corrected chi connectivity index (χ4v) is 3.24. The van der Waals surface area contributed by atoms with Crippen molar-refractivity contribution in [2.24, 2.45) is 0 Å². The normalized spacial score (nSPS) is 13.2. The highest BCUT2D eigenvalue weighted by Crippen LogP contribution is 2.27. The maximum Gasteiger partial charge on any atom is 0.220 e. The highest BCUT2D eigenvalue weighted by molar-refractivity contribution is 7.09. The van der Waals surface area contributed by atoms with Crippen LogP contribution in [0.15, 0.2) is 48.2 Å². The number of H-pyrrole nitrogens is 1. The highest BCUT2D eigenvalue weighted by atomic mass is 32.1. The summed E-state index contributed by atoms with van der Waals surface area (Å²) in [5.41, 5.74) is 8.78. The van der Waals surface area contributed by atoms with Crippen molar-refractivity contribution in [3.05, 3.63) is 58.8 Å². The van der Waals surface area contributed by atoms with Crippen molar-refractivity contribution < 1.29 is 5.11 Å². The monoisotopic (exact) mass is 361 g/mol. The van der Waals surface area contributed by atoms with E-state index in [2.05, 4.69) is 31.8 Å². The Balaban J connectivity index is 1.63. The number of aromatic nitrogens is 4. The summed E-state index contributed by atoms with van der Waals surface area (Å²) in [6, 6.07) is 7.74. The molecule has 26 heavy (non-hydrogen) atoms. The fraction of sp³-hybridized carbons (Fsp3) is 0.105. The molecule has 0 spiro atoms. The van der Waals surface area contributed by atoms with Gasteiger partial charge in [0.15, 0.2) is 5.60 Å². The molecule has 0 aliphatic heterocycles. The Morgan fingerprint density at radius 2 is 2.04 bits per heavy atom. The summed E-state index contributed by atoms with van der Waals surface area (Å²) in [6.45, 7) is 1.64. The van der Waals surface area contributed by atoms with Gasteiger partial charge in [0.1, 0.15) is 10.5 Å². The van der Waals surface area contributed by atoms with Crippen molar-refractivity contribution >= 4 is 28.3 Å². The van der Waals surface area contributed by atoms with Crippen LogP contribution in [-0.4, -0.2) is 25.0 Å². The predicted octanol–water partition coefficient (Wildman–Crippen LogP) is 2.92. The van der Waals surface area contributed by atoms with E-state index in [1.54, 1.807) is 19.3 Å². The topological polar surface area (TPSA) is 101 Å². The Morgan fingerprint density at radius 3 is 2.77 bits per heavy atom. The lowest BCUT2D eigenvalue weighted by Gasteiger charge is -2.11. The molecule has 1 atom stereocenters. The van der Waals surface area contributed by atoms with Crippen LogP contribution in [0.4, 0.5) is 5.95 Å². The van der Waals surface area contributed by atoms with E-state index in [1.807, 2.05) is 35.8 Å². The Labute approximate surface area is 153 Å². The minimum absolute atomic E-state index is 0.241. The molecule has 3 heterocycles. The summed E-state index contributed by atoms with van der Waals surface area (Å²) in [4.78, 5) is 15.6. The van der Waals surface area contributed by atoms with Crippen molar-refractivity contribution in [1.29, 1.82) is 0 Å². The summed E-state index contributed by atoms with van der Waals surface area (Å²) < 4.78 is 0. The Kier molecular flexibility index (Phi) is 3.92. The van der Waals surface area contributed by atoms with Crippen LogP contribution in [0.3, 0.4) is 0 Å². The lowest BCUT2D eigenvalue weighted by atomic mass is 10.0. The molecule has 0 saturated carbocycles. The minimum atomic E-state index is -1.27.